The maximum atomic E-state index is 12.1. The van der Waals surface area contributed by atoms with E-state index < -0.39 is 0 Å². The van der Waals surface area contributed by atoms with E-state index in [0.29, 0.717) is 16.3 Å². The number of thioether (sulfide) groups is 1. The summed E-state index contributed by atoms with van der Waals surface area (Å²) in [5.41, 5.74) is 8.44. The number of halogens is 1. The highest BCUT2D eigenvalue weighted by Crippen LogP contribution is 2.16. The van der Waals surface area contributed by atoms with Crippen LogP contribution in [-0.2, 0) is 10.5 Å². The Hall–Kier alpha value is -1.98. The molecule has 0 radical (unpaired) electrons. The minimum absolute atomic E-state index is 0.250. The van der Waals surface area contributed by atoms with Gasteiger partial charge in [-0.2, -0.15) is 0 Å². The van der Waals surface area contributed by atoms with Gasteiger partial charge in [-0.3, -0.25) is 20.4 Å². The predicted octanol–water partition coefficient (Wildman–Crippen LogP) is 3.65. The van der Waals surface area contributed by atoms with Crippen LogP contribution in [0.1, 0.15) is 27.0 Å². The van der Waals surface area contributed by atoms with Crippen LogP contribution in [0.3, 0.4) is 0 Å². The number of benzene rings is 2. The summed E-state index contributed by atoms with van der Waals surface area (Å²) in [5.74, 6) is 0.361. The molecule has 2 aromatic rings. The zero-order valence-corrected chi connectivity index (χ0v) is 15.1. The van der Waals surface area contributed by atoms with Crippen molar-refractivity contribution in [3.8, 4) is 0 Å². The SMILES string of the molecule is Cc1ccc(C(=O)NNC(=O)CSCc2cccc(Cl)c2)c(C)c1. The lowest BCUT2D eigenvalue weighted by atomic mass is 10.1. The summed E-state index contributed by atoms with van der Waals surface area (Å²) in [7, 11) is 0. The highest BCUT2D eigenvalue weighted by Gasteiger charge is 2.10. The zero-order chi connectivity index (χ0) is 17.5. The normalized spacial score (nSPS) is 10.3. The van der Waals surface area contributed by atoms with Crippen molar-refractivity contribution >= 4 is 35.2 Å². The minimum Gasteiger partial charge on any atom is -0.272 e. The van der Waals surface area contributed by atoms with Crippen molar-refractivity contribution in [1.29, 1.82) is 0 Å². The molecule has 0 atom stereocenters. The van der Waals surface area contributed by atoms with Gasteiger partial charge in [0, 0.05) is 16.3 Å². The van der Waals surface area contributed by atoms with Crippen molar-refractivity contribution in [2.24, 2.45) is 0 Å². The van der Waals surface area contributed by atoms with Crippen LogP contribution in [0, 0.1) is 13.8 Å². The Morgan fingerprint density at radius 1 is 1.08 bits per heavy atom. The van der Waals surface area contributed by atoms with E-state index in [0.717, 1.165) is 16.7 Å². The number of amides is 2. The van der Waals surface area contributed by atoms with E-state index in [1.807, 2.05) is 50.2 Å². The standard InChI is InChI=1S/C18H19ClN2O2S/c1-12-6-7-16(13(2)8-12)18(23)21-20-17(22)11-24-10-14-4-3-5-15(19)9-14/h3-9H,10-11H2,1-2H3,(H,20,22)(H,21,23). The molecule has 126 valence electrons. The van der Waals surface area contributed by atoms with Gasteiger partial charge in [0.05, 0.1) is 5.75 Å². The molecule has 2 rings (SSSR count). The molecule has 6 heteroatoms. The molecule has 2 amide bonds. The van der Waals surface area contributed by atoms with E-state index in [1.54, 1.807) is 6.07 Å². The Bertz CT molecular complexity index is 750. The fourth-order valence-electron chi connectivity index (χ4n) is 2.19. The second-order valence-corrected chi connectivity index (χ2v) is 6.87. The molecule has 2 aromatic carbocycles. The monoisotopic (exact) mass is 362 g/mol. The van der Waals surface area contributed by atoms with Gasteiger partial charge in [-0.05, 0) is 43.2 Å². The first-order chi connectivity index (χ1) is 11.5. The van der Waals surface area contributed by atoms with Crippen molar-refractivity contribution in [3.63, 3.8) is 0 Å². The number of hydrazine groups is 1. The lowest BCUT2D eigenvalue weighted by molar-refractivity contribution is -0.119. The maximum absolute atomic E-state index is 12.1. The number of nitrogens with one attached hydrogen (secondary N) is 2. The second-order valence-electron chi connectivity index (χ2n) is 5.44. The molecular weight excluding hydrogens is 344 g/mol. The Morgan fingerprint density at radius 3 is 2.58 bits per heavy atom. The third kappa shape index (κ3) is 5.58. The molecule has 0 aliphatic heterocycles. The first-order valence-electron chi connectivity index (χ1n) is 7.44. The minimum atomic E-state index is -0.319. The third-order valence-electron chi connectivity index (χ3n) is 3.33. The summed E-state index contributed by atoms with van der Waals surface area (Å²) in [6.07, 6.45) is 0. The fraction of sp³-hybridized carbons (Fsp3) is 0.222. The van der Waals surface area contributed by atoms with Gasteiger partial charge in [-0.25, -0.2) is 0 Å². The number of hydrogen-bond donors (Lipinski definition) is 2. The van der Waals surface area contributed by atoms with Crippen LogP contribution >= 0.6 is 23.4 Å². The summed E-state index contributed by atoms with van der Waals surface area (Å²) < 4.78 is 0. The molecule has 0 saturated carbocycles. The van der Waals surface area contributed by atoms with Gasteiger partial charge in [0.1, 0.15) is 0 Å². The molecule has 0 heterocycles. The van der Waals surface area contributed by atoms with Gasteiger partial charge < -0.3 is 0 Å². The molecule has 0 spiro atoms. The molecule has 0 aliphatic carbocycles. The van der Waals surface area contributed by atoms with Crippen molar-refractivity contribution in [2.75, 3.05) is 5.75 Å². The van der Waals surface area contributed by atoms with Crippen LogP contribution in [-0.4, -0.2) is 17.6 Å². The summed E-state index contributed by atoms with van der Waals surface area (Å²) in [5, 5.41) is 0.679. The molecule has 0 unspecified atom stereocenters. The van der Waals surface area contributed by atoms with Gasteiger partial charge in [-0.1, -0.05) is 41.4 Å². The quantitative estimate of drug-likeness (QED) is 0.798. The average Bonchev–Trinajstić information content (AvgIpc) is 2.53. The molecule has 0 bridgehead atoms. The smallest absolute Gasteiger partial charge is 0.269 e. The Labute approximate surface area is 150 Å². The first kappa shape index (κ1) is 18.4. The van der Waals surface area contributed by atoms with E-state index in [2.05, 4.69) is 10.9 Å². The van der Waals surface area contributed by atoms with Gasteiger partial charge in [-0.15, -0.1) is 11.8 Å². The summed E-state index contributed by atoms with van der Waals surface area (Å²) >= 11 is 7.37. The van der Waals surface area contributed by atoms with Crippen LogP contribution in [0.15, 0.2) is 42.5 Å². The second kappa shape index (κ2) is 8.76. The predicted molar refractivity (Wildman–Crippen MR) is 99.1 cm³/mol. The zero-order valence-electron chi connectivity index (χ0n) is 13.6. The number of hydrogen-bond acceptors (Lipinski definition) is 3. The van der Waals surface area contributed by atoms with Gasteiger partial charge in [0.25, 0.3) is 5.91 Å². The molecular formula is C18H19ClN2O2S. The van der Waals surface area contributed by atoms with Crippen molar-refractivity contribution in [1.82, 2.24) is 10.9 Å². The van der Waals surface area contributed by atoms with Crippen LogP contribution in [0.5, 0.6) is 0 Å². The summed E-state index contributed by atoms with van der Waals surface area (Å²) in [4.78, 5) is 23.9. The Morgan fingerprint density at radius 2 is 1.88 bits per heavy atom. The third-order valence-corrected chi connectivity index (χ3v) is 4.57. The van der Waals surface area contributed by atoms with Crippen LogP contribution in [0.2, 0.25) is 5.02 Å². The summed E-state index contributed by atoms with van der Waals surface area (Å²) in [6, 6.07) is 13.1. The van der Waals surface area contributed by atoms with E-state index in [4.69, 9.17) is 11.6 Å². The lowest BCUT2D eigenvalue weighted by Gasteiger charge is -2.09. The summed E-state index contributed by atoms with van der Waals surface area (Å²) in [6.45, 7) is 3.83. The maximum Gasteiger partial charge on any atom is 0.269 e. The lowest BCUT2D eigenvalue weighted by Crippen LogP contribution is -2.42. The van der Waals surface area contributed by atoms with Crippen LogP contribution < -0.4 is 10.9 Å². The fourth-order valence-corrected chi connectivity index (χ4v) is 3.17. The highest BCUT2D eigenvalue weighted by molar-refractivity contribution is 7.99. The van der Waals surface area contributed by atoms with Gasteiger partial charge >= 0.3 is 0 Å². The van der Waals surface area contributed by atoms with Gasteiger partial charge in [0.15, 0.2) is 0 Å². The average molecular weight is 363 g/mol. The van der Waals surface area contributed by atoms with E-state index in [1.165, 1.54) is 11.8 Å². The van der Waals surface area contributed by atoms with Crippen molar-refractivity contribution in [2.45, 2.75) is 19.6 Å². The molecule has 0 aliphatic rings. The number of carbonyl (C=O) groups excluding carboxylic acids is 2. The van der Waals surface area contributed by atoms with Gasteiger partial charge in [0.2, 0.25) is 5.91 Å². The molecule has 4 nitrogen and oxygen atoms in total. The number of rotatable bonds is 5. The Balaban J connectivity index is 1.75. The van der Waals surface area contributed by atoms with Crippen LogP contribution in [0.25, 0.3) is 0 Å². The van der Waals surface area contributed by atoms with E-state index in [-0.39, 0.29) is 17.6 Å². The van der Waals surface area contributed by atoms with E-state index in [9.17, 15) is 9.59 Å². The van der Waals surface area contributed by atoms with E-state index >= 15 is 0 Å². The van der Waals surface area contributed by atoms with Crippen molar-refractivity contribution < 1.29 is 9.59 Å². The number of aryl methyl sites for hydroxylation is 2. The first-order valence-corrected chi connectivity index (χ1v) is 8.97. The highest BCUT2D eigenvalue weighted by atomic mass is 35.5. The van der Waals surface area contributed by atoms with Crippen molar-refractivity contribution in [3.05, 3.63) is 69.7 Å². The Kier molecular flexibility index (Phi) is 6.70. The largest absolute Gasteiger partial charge is 0.272 e. The van der Waals surface area contributed by atoms with Crippen LogP contribution in [0.4, 0.5) is 0 Å². The molecule has 0 fully saturated rings. The molecule has 0 saturated heterocycles. The molecule has 2 N–H and O–H groups in total. The molecule has 0 aromatic heterocycles. The molecule has 24 heavy (non-hydrogen) atoms. The number of carbonyl (C=O) groups is 2. The topological polar surface area (TPSA) is 58.2 Å².